The highest BCUT2D eigenvalue weighted by molar-refractivity contribution is 7.11. The minimum Gasteiger partial charge on any atom is -0.380 e. The fourth-order valence-electron chi connectivity index (χ4n) is 17.7. The lowest BCUT2D eigenvalue weighted by atomic mass is 9.98. The van der Waals surface area contributed by atoms with E-state index in [4.69, 9.17) is 45.3 Å². The van der Waals surface area contributed by atoms with Crippen LogP contribution < -0.4 is 0 Å². The third-order valence-corrected chi connectivity index (χ3v) is 32.9. The van der Waals surface area contributed by atoms with Crippen LogP contribution in [0.1, 0.15) is 186 Å². The van der Waals surface area contributed by atoms with E-state index >= 15 is 0 Å². The van der Waals surface area contributed by atoms with Gasteiger partial charge in [-0.15, -0.1) is 102 Å². The number of piperidine rings is 4. The van der Waals surface area contributed by atoms with Crippen molar-refractivity contribution in [3.63, 3.8) is 0 Å². The molecule has 21 rings (SSSR count). The second-order valence-corrected chi connectivity index (χ2v) is 43.2. The quantitative estimate of drug-likeness (QED) is 0.0603. The number of alkyl halides is 6. The zero-order valence-corrected chi connectivity index (χ0v) is 89.1. The first-order valence-corrected chi connectivity index (χ1v) is 56.7. The van der Waals surface area contributed by atoms with Crippen molar-refractivity contribution in [2.24, 2.45) is 0 Å². The number of benzene rings is 3. The van der Waals surface area contributed by atoms with E-state index in [1.54, 1.807) is 136 Å². The summed E-state index contributed by atoms with van der Waals surface area (Å²) in [6.45, 7) is 17.0. The SMILES string of the molecule is N#CC(c1cncs1)N1CCC(F)(F)CC1.N#CC(c1cncs1)N1CCC(OCc2ccccc2)CC1.N#CC(c1cncs1)N1CCOCC1.N#CC(c1cncs1)N1CCc2ccccc2C1.N#CC(c1cscn1)N1CCC(F)(F)CC1.N#CC(c1cscn1)N1CCCOCC1.N#CC(c1nccs1)N1CCC(F)(F)CC1.N#CC(c1nccs1)N1CCOCC1.N#CC(c1nccs1)N1CCc2ccccc2C1. The fraction of sp³-hybridized carbons (Fsp3) is 0.476. The van der Waals surface area contributed by atoms with Crippen molar-refractivity contribution in [3.05, 3.63) is 256 Å². The molecule has 9 atom stereocenters. The maximum Gasteiger partial charge on any atom is 0.250 e. The van der Waals surface area contributed by atoms with E-state index in [0.717, 1.165) is 166 Å². The van der Waals surface area contributed by atoms with Crippen LogP contribution in [-0.4, -0.2) is 257 Å². The molecule has 12 aromatic rings. The molecule has 0 N–H and O–H groups in total. The second-order valence-electron chi connectivity index (χ2n) is 35.3. The van der Waals surface area contributed by atoms with E-state index in [-0.39, 0.29) is 120 Å². The summed E-state index contributed by atoms with van der Waals surface area (Å²) in [6.07, 6.45) is 16.4. The number of ether oxygens (including phenoxy) is 4. The average Bonchev–Trinajstić information content (AvgIpc) is 1.79. The Hall–Kier alpha value is -11.2. The van der Waals surface area contributed by atoms with Crippen LogP contribution in [0, 0.1) is 102 Å². The number of fused-ring (bicyclic) bond motifs is 2. The Labute approximate surface area is 900 Å². The molecule has 780 valence electrons. The number of nitriles is 9. The van der Waals surface area contributed by atoms with Gasteiger partial charge >= 0.3 is 0 Å². The van der Waals surface area contributed by atoms with Crippen LogP contribution in [-0.2, 0) is 51.5 Å². The maximum atomic E-state index is 13.0. The molecule has 149 heavy (non-hydrogen) atoms. The van der Waals surface area contributed by atoms with Gasteiger partial charge in [0, 0.05) is 233 Å². The van der Waals surface area contributed by atoms with Crippen molar-refractivity contribution in [2.45, 2.75) is 169 Å². The third-order valence-electron chi connectivity index (χ3n) is 25.9. The van der Waals surface area contributed by atoms with Crippen molar-refractivity contribution < 1.29 is 45.3 Å². The molecular formula is C103H113F6N27O4S9. The number of aromatic nitrogens is 9. The molecular weight excluding hydrogens is 2080 g/mol. The summed E-state index contributed by atoms with van der Waals surface area (Å²) in [4.78, 5) is 59.2. The number of rotatable bonds is 21. The Morgan fingerprint density at radius 2 is 0.624 bits per heavy atom. The van der Waals surface area contributed by atoms with E-state index in [1.807, 2.05) is 34.3 Å². The van der Waals surface area contributed by atoms with Crippen molar-refractivity contribution in [1.29, 1.82) is 47.4 Å². The van der Waals surface area contributed by atoms with Gasteiger partial charge in [-0.05, 0) is 59.9 Å². The Kier molecular flexibility index (Phi) is 46.8. The van der Waals surface area contributed by atoms with Gasteiger partial charge in [0.1, 0.15) is 51.3 Å². The number of nitrogens with zero attached hydrogens (tertiary/aromatic N) is 27. The molecule has 0 radical (unpaired) electrons. The predicted molar refractivity (Wildman–Crippen MR) is 560 cm³/mol. The topological polar surface area (TPSA) is 396 Å². The minimum absolute atomic E-state index is 0.147. The zero-order valence-electron chi connectivity index (χ0n) is 81.8. The van der Waals surface area contributed by atoms with Gasteiger partial charge in [0.15, 0.2) is 18.1 Å². The first kappa shape index (κ1) is 115. The Morgan fingerprint density at radius 3 is 0.960 bits per heavy atom. The van der Waals surface area contributed by atoms with Gasteiger partial charge in [-0.2, -0.15) is 47.4 Å². The van der Waals surface area contributed by atoms with Crippen LogP contribution in [0.25, 0.3) is 0 Å². The van der Waals surface area contributed by atoms with Gasteiger partial charge in [-0.25, -0.2) is 51.3 Å². The van der Waals surface area contributed by atoms with Gasteiger partial charge < -0.3 is 18.9 Å². The number of hydrogen-bond acceptors (Lipinski definition) is 40. The number of halogens is 6. The van der Waals surface area contributed by atoms with E-state index < -0.39 is 35.9 Å². The highest BCUT2D eigenvalue weighted by Crippen LogP contribution is 2.39. The lowest BCUT2D eigenvalue weighted by molar-refractivity contribution is -0.0601. The molecule has 9 unspecified atom stereocenters. The highest BCUT2D eigenvalue weighted by atomic mass is 32.1. The lowest BCUT2D eigenvalue weighted by Gasteiger charge is -2.34. The van der Waals surface area contributed by atoms with Crippen LogP contribution >= 0.6 is 102 Å². The Bertz CT molecular complexity index is 5850. The zero-order chi connectivity index (χ0) is 105. The molecule has 3 aromatic carbocycles. The number of thiazole rings is 9. The predicted octanol–water partition coefficient (Wildman–Crippen LogP) is 19.7. The molecule has 9 aliphatic heterocycles. The minimum atomic E-state index is -2.57. The largest absolute Gasteiger partial charge is 0.380 e. The molecule has 31 nitrogen and oxygen atoms in total. The van der Waals surface area contributed by atoms with Gasteiger partial charge in [0.25, 0.3) is 17.8 Å². The van der Waals surface area contributed by atoms with Crippen LogP contribution in [0.4, 0.5) is 26.3 Å². The lowest BCUT2D eigenvalue weighted by Crippen LogP contribution is -2.41. The first-order valence-electron chi connectivity index (χ1n) is 48.6. The van der Waals surface area contributed by atoms with Crippen LogP contribution in [0.2, 0.25) is 0 Å². The monoisotopic (exact) mass is 2190 g/mol. The van der Waals surface area contributed by atoms with Gasteiger partial charge in [0.2, 0.25) is 0 Å². The molecule has 0 saturated carbocycles. The van der Waals surface area contributed by atoms with Crippen molar-refractivity contribution >= 4 is 102 Å². The van der Waals surface area contributed by atoms with Crippen molar-refractivity contribution in [2.75, 3.05) is 144 Å². The average molecular weight is 2200 g/mol. The second kappa shape index (κ2) is 60.7. The highest BCUT2D eigenvalue weighted by Gasteiger charge is 2.41. The molecule has 0 aliphatic carbocycles. The molecule has 0 spiro atoms. The molecule has 46 heteroatoms. The van der Waals surface area contributed by atoms with Crippen molar-refractivity contribution in [1.82, 2.24) is 89.0 Å². The molecule has 9 aliphatic rings. The third kappa shape index (κ3) is 35.2. The van der Waals surface area contributed by atoms with Gasteiger partial charge in [0.05, 0.1) is 164 Å². The van der Waals surface area contributed by atoms with E-state index in [9.17, 15) is 47.4 Å². The first-order chi connectivity index (χ1) is 72.7. The van der Waals surface area contributed by atoms with Crippen LogP contribution in [0.3, 0.4) is 0 Å². The smallest absolute Gasteiger partial charge is 0.250 e. The summed E-state index contributed by atoms with van der Waals surface area (Å²) in [6, 6.07) is 45.3. The Morgan fingerprint density at radius 1 is 0.322 bits per heavy atom. The molecule has 7 fully saturated rings. The summed E-state index contributed by atoms with van der Waals surface area (Å²) in [5, 5.41) is 94.6. The summed E-state index contributed by atoms with van der Waals surface area (Å²) >= 11 is 13.4. The van der Waals surface area contributed by atoms with E-state index in [2.05, 4.69) is 190 Å². The van der Waals surface area contributed by atoms with E-state index in [0.29, 0.717) is 37.1 Å². The summed E-state index contributed by atoms with van der Waals surface area (Å²) in [5.41, 5.74) is 18.7. The van der Waals surface area contributed by atoms with Gasteiger partial charge in [-0.3, -0.25) is 64.0 Å². The van der Waals surface area contributed by atoms with Gasteiger partial charge in [-0.1, -0.05) is 78.9 Å². The van der Waals surface area contributed by atoms with Crippen molar-refractivity contribution in [3.8, 4) is 54.6 Å². The molecule has 0 bridgehead atoms. The van der Waals surface area contributed by atoms with Crippen LogP contribution in [0.15, 0.2) is 182 Å². The number of morpholine rings is 2. The fourth-order valence-corrected chi connectivity index (χ4v) is 23.8. The molecule has 9 aromatic heterocycles. The maximum absolute atomic E-state index is 13.0. The Balaban J connectivity index is 0.000000140. The molecule has 7 saturated heterocycles. The van der Waals surface area contributed by atoms with Crippen LogP contribution in [0.5, 0.6) is 0 Å². The normalized spacial score (nSPS) is 19.8. The molecule has 18 heterocycles. The standard InChI is InChI=1S/C17H19N3OS.2C14H13N3S.3C10H11F2N3S.C10H13N3OS.2C9H11N3OS/c18-10-16(17-11-19-13-22-17)20-8-6-15(7-9-20)21-12-14-4-2-1-3-5-14;15-9-13(14-16-6-8-18-14)17-7-5-11-3-1-2-4-12(11)10-17;15-7-13(14-8-16-10-18-14)17-6-5-11-3-1-2-4-12(11)9-17;11-10(12)1-4-15(5-2-10)8(7-13)9-14-3-6-16-9;11-10(12)1-3-15(4-2-10)9(5-13)8-6-16-7-14-8;11-10(12)1-3-15(4-2-10)8(5-13)9-6-14-7-16-9;11-6-10(9-7-15-8-12-9)13-2-1-4-14-5-3-13;10-7-8(9-11-1-6-14-9)12-2-4-13-5-3-12;10-5-8(9-6-11-7-14-9)12-1-3-13-4-2-12/h1-5,11,13,15-16H,6-9,12H2;1-4,6,8,13H,5,7,10H2;1-4,8,10,13H,5-6,9H2;3,6,8H,1-2,4-5H2;6-7,9H,1-4H2;6-8H,1-4H2;7-8,10H,1-5H2;1,6,8H,2-5H2;6-8H,1-4H2. The number of hydrogen-bond donors (Lipinski definition) is 0. The van der Waals surface area contributed by atoms with E-state index in [1.165, 1.54) is 95.8 Å². The summed E-state index contributed by atoms with van der Waals surface area (Å²) in [5.74, 6) is -7.71. The summed E-state index contributed by atoms with van der Waals surface area (Å²) in [7, 11) is 0. The molecule has 0 amide bonds. The summed E-state index contributed by atoms with van der Waals surface area (Å²) < 4.78 is 99.7. The number of likely N-dealkylation sites (tertiary alicyclic amines) is 4.